The molecule has 0 bridgehead atoms. The first-order chi connectivity index (χ1) is 18.8. The van der Waals surface area contributed by atoms with E-state index in [1.54, 1.807) is 19.0 Å². The molecule has 5 atom stereocenters. The zero-order valence-electron chi connectivity index (χ0n) is 23.1. The zero-order valence-corrected chi connectivity index (χ0v) is 23.1. The van der Waals surface area contributed by atoms with Crippen LogP contribution in [0.3, 0.4) is 0 Å². The molecule has 41 heavy (non-hydrogen) atoms. The molecule has 14 heteroatoms. The minimum absolute atomic E-state index is 0.0173. The van der Waals surface area contributed by atoms with Crippen molar-refractivity contribution in [2.45, 2.75) is 50.2 Å². The van der Waals surface area contributed by atoms with Gasteiger partial charge in [-0.05, 0) is 51.4 Å². The maximum atomic E-state index is 14.0. The van der Waals surface area contributed by atoms with Crippen LogP contribution >= 0.6 is 0 Å². The minimum Gasteiger partial charge on any atom is -0.508 e. The summed E-state index contributed by atoms with van der Waals surface area (Å²) >= 11 is 0. The second kappa shape index (κ2) is 10.0. The van der Waals surface area contributed by atoms with E-state index >= 15 is 0 Å². The topological polar surface area (TPSA) is 177 Å². The first-order valence-corrected chi connectivity index (χ1v) is 12.8. The van der Waals surface area contributed by atoms with Crippen LogP contribution in [0.1, 0.15) is 30.0 Å². The standard InChI is InChI=1S/C27H33F3N4O7/c1-10(27(28,29)30)32-9-12-8-15(33(2)3)13-6-11-7-14-19(34(4)5)22(37)18(25(31)40)24(39)26(14,41)23(38)16(11)21(36)17(13)20(12)35/h8,10-11,14,19,32,35-36,39,41H,6-7,9H2,1-5H3,(H2,31,40)/t10?,11-,14-,19-,26-/m0/s1. The Bertz CT molecular complexity index is 1400. The van der Waals surface area contributed by atoms with Crippen LogP contribution in [-0.2, 0) is 27.3 Å². The summed E-state index contributed by atoms with van der Waals surface area (Å²) in [5.41, 5.74) is 1.98. The van der Waals surface area contributed by atoms with Crippen molar-refractivity contribution in [3.8, 4) is 5.75 Å². The Labute approximate surface area is 233 Å². The monoisotopic (exact) mass is 582 g/mol. The van der Waals surface area contributed by atoms with E-state index in [1.807, 2.05) is 0 Å². The molecule has 11 nitrogen and oxygen atoms in total. The highest BCUT2D eigenvalue weighted by atomic mass is 19.4. The van der Waals surface area contributed by atoms with Gasteiger partial charge in [0.15, 0.2) is 11.4 Å². The molecule has 0 radical (unpaired) electrons. The Morgan fingerprint density at radius 3 is 2.32 bits per heavy atom. The lowest BCUT2D eigenvalue weighted by molar-refractivity contribution is -0.154. The third-order valence-corrected chi connectivity index (χ3v) is 8.35. The number of hydrogen-bond donors (Lipinski definition) is 6. The first kappa shape index (κ1) is 30.3. The number of nitrogens with zero attached hydrogens (tertiary/aromatic N) is 2. The fourth-order valence-corrected chi connectivity index (χ4v) is 6.26. The van der Waals surface area contributed by atoms with Crippen LogP contribution in [0.15, 0.2) is 23.0 Å². The maximum Gasteiger partial charge on any atom is 0.403 e. The second-order valence-electron chi connectivity index (χ2n) is 11.3. The number of halogens is 3. The second-order valence-corrected chi connectivity index (χ2v) is 11.3. The van der Waals surface area contributed by atoms with Gasteiger partial charge >= 0.3 is 6.18 Å². The highest BCUT2D eigenvalue weighted by Crippen LogP contribution is 2.54. The van der Waals surface area contributed by atoms with Gasteiger partial charge in [-0.1, -0.05) is 0 Å². The van der Waals surface area contributed by atoms with Crippen LogP contribution in [0.5, 0.6) is 5.75 Å². The van der Waals surface area contributed by atoms with Crippen molar-refractivity contribution >= 4 is 28.9 Å². The smallest absolute Gasteiger partial charge is 0.403 e. The van der Waals surface area contributed by atoms with Crippen LogP contribution in [0.4, 0.5) is 18.9 Å². The van der Waals surface area contributed by atoms with E-state index in [1.165, 1.54) is 25.1 Å². The van der Waals surface area contributed by atoms with Gasteiger partial charge in [-0.2, -0.15) is 13.2 Å². The highest BCUT2D eigenvalue weighted by Gasteiger charge is 2.64. The lowest BCUT2D eigenvalue weighted by Gasteiger charge is -2.50. The number of phenolic OH excluding ortho intramolecular Hbond substituents is 1. The predicted octanol–water partition coefficient (Wildman–Crippen LogP) is 1.07. The molecule has 4 rings (SSSR count). The van der Waals surface area contributed by atoms with Gasteiger partial charge in [-0.15, -0.1) is 0 Å². The Balaban J connectivity index is 1.92. The highest BCUT2D eigenvalue weighted by molar-refractivity contribution is 6.24. The Morgan fingerprint density at radius 2 is 1.80 bits per heavy atom. The molecule has 3 aliphatic carbocycles. The molecule has 0 saturated heterocycles. The lowest BCUT2D eigenvalue weighted by atomic mass is 9.57. The molecule has 1 aromatic rings. The number of likely N-dealkylation sites (N-methyl/N-ethyl adjacent to an activating group) is 1. The molecule has 1 saturated carbocycles. The SMILES string of the molecule is CC(NCc1cc(N(C)C)c2c(c1O)C(O)=C1C(=O)[C@]3(O)C(O)=C(C(N)=O)C(=O)[C@@H](N(C)C)[C@@H]3C[C@@H]1C2)C(F)(F)F. The van der Waals surface area contributed by atoms with Gasteiger partial charge in [0.1, 0.15) is 28.9 Å². The number of rotatable bonds is 6. The fraction of sp³-hybridized carbons (Fsp3) is 0.519. The zero-order chi connectivity index (χ0) is 30.9. The fourth-order valence-electron chi connectivity index (χ4n) is 6.26. The van der Waals surface area contributed by atoms with Crippen molar-refractivity contribution in [1.29, 1.82) is 0 Å². The number of Topliss-reactive ketones (excluding diaryl/α,β-unsaturated/α-hetero) is 2. The number of amides is 1. The van der Waals surface area contributed by atoms with Gasteiger partial charge in [0.05, 0.1) is 11.6 Å². The summed E-state index contributed by atoms with van der Waals surface area (Å²) in [6.07, 6.45) is -4.56. The van der Waals surface area contributed by atoms with Crippen LogP contribution in [0.2, 0.25) is 0 Å². The number of aliphatic hydroxyl groups excluding tert-OH is 2. The number of aromatic hydroxyl groups is 1. The summed E-state index contributed by atoms with van der Waals surface area (Å²) in [5.74, 6) is -7.83. The number of nitrogens with one attached hydrogen (secondary N) is 1. The summed E-state index contributed by atoms with van der Waals surface area (Å²) in [4.78, 5) is 42.3. The number of fused-ring (bicyclic) bond motifs is 3. The molecular formula is C27H33F3N4O7. The molecule has 1 fully saturated rings. The van der Waals surface area contributed by atoms with E-state index in [4.69, 9.17) is 5.73 Å². The summed E-state index contributed by atoms with van der Waals surface area (Å²) in [7, 11) is 6.34. The third-order valence-electron chi connectivity index (χ3n) is 8.35. The lowest BCUT2D eigenvalue weighted by Crippen LogP contribution is -2.65. The molecule has 0 heterocycles. The number of carbonyl (C=O) groups excluding carboxylic acids is 3. The number of primary amides is 1. The number of alkyl halides is 3. The number of hydrogen-bond acceptors (Lipinski definition) is 10. The number of carbonyl (C=O) groups is 3. The molecule has 0 aromatic heterocycles. The molecule has 1 amide bonds. The number of nitrogens with two attached hydrogens (primary N) is 1. The largest absolute Gasteiger partial charge is 0.508 e. The van der Waals surface area contributed by atoms with E-state index in [2.05, 4.69) is 5.32 Å². The molecular weight excluding hydrogens is 549 g/mol. The molecule has 0 aliphatic heterocycles. The Kier molecular flexibility index (Phi) is 7.42. The van der Waals surface area contributed by atoms with Crippen molar-refractivity contribution in [2.75, 3.05) is 33.1 Å². The Hall–Kier alpha value is -3.62. The van der Waals surface area contributed by atoms with E-state index in [0.717, 1.165) is 6.92 Å². The molecule has 3 aliphatic rings. The van der Waals surface area contributed by atoms with Crippen molar-refractivity contribution in [3.63, 3.8) is 0 Å². The number of aliphatic hydroxyl groups is 3. The summed E-state index contributed by atoms with van der Waals surface area (Å²) in [6.45, 7) is 0.491. The van der Waals surface area contributed by atoms with Crippen molar-refractivity contribution in [1.82, 2.24) is 10.2 Å². The van der Waals surface area contributed by atoms with Crippen LogP contribution in [0, 0.1) is 11.8 Å². The molecule has 1 aromatic carbocycles. The Morgan fingerprint density at radius 1 is 1.20 bits per heavy atom. The van der Waals surface area contributed by atoms with E-state index < -0.39 is 82.6 Å². The number of phenols is 1. The first-order valence-electron chi connectivity index (χ1n) is 12.8. The van der Waals surface area contributed by atoms with Gasteiger partial charge in [-0.25, -0.2) is 0 Å². The normalized spacial score (nSPS) is 27.0. The number of anilines is 1. The van der Waals surface area contributed by atoms with Gasteiger partial charge in [0.2, 0.25) is 5.78 Å². The van der Waals surface area contributed by atoms with Crippen molar-refractivity contribution < 1.29 is 48.0 Å². The molecule has 7 N–H and O–H groups in total. The summed E-state index contributed by atoms with van der Waals surface area (Å²) in [5, 5.41) is 47.5. The predicted molar refractivity (Wildman–Crippen MR) is 141 cm³/mol. The molecule has 0 spiro atoms. The van der Waals surface area contributed by atoms with E-state index in [-0.39, 0.29) is 29.5 Å². The molecule has 224 valence electrons. The van der Waals surface area contributed by atoms with Gasteiger partial charge in [0.25, 0.3) is 5.91 Å². The van der Waals surface area contributed by atoms with Crippen LogP contribution in [0.25, 0.3) is 5.76 Å². The quantitative estimate of drug-likeness (QED) is 0.266. The average Bonchev–Trinajstić information content (AvgIpc) is 2.84. The van der Waals surface area contributed by atoms with Gasteiger partial charge in [-0.3, -0.25) is 19.3 Å². The van der Waals surface area contributed by atoms with E-state index in [9.17, 15) is 48.0 Å². The number of ketones is 2. The van der Waals surface area contributed by atoms with Crippen molar-refractivity contribution in [2.24, 2.45) is 17.6 Å². The number of benzene rings is 1. The van der Waals surface area contributed by atoms with E-state index in [0.29, 0.717) is 11.3 Å². The molecule has 1 unspecified atom stereocenters. The average molecular weight is 583 g/mol. The third kappa shape index (κ3) is 4.53. The maximum absolute atomic E-state index is 14.0. The minimum atomic E-state index is -4.54. The van der Waals surface area contributed by atoms with Gasteiger partial charge < -0.3 is 36.4 Å². The van der Waals surface area contributed by atoms with Crippen molar-refractivity contribution in [3.05, 3.63) is 39.7 Å². The van der Waals surface area contributed by atoms with Crippen LogP contribution < -0.4 is 16.0 Å². The van der Waals surface area contributed by atoms with Gasteiger partial charge in [0, 0.05) is 43.4 Å². The summed E-state index contributed by atoms with van der Waals surface area (Å²) < 4.78 is 39.3. The summed E-state index contributed by atoms with van der Waals surface area (Å²) in [6, 6.07) is -1.63. The van der Waals surface area contributed by atoms with Crippen LogP contribution in [-0.4, -0.2) is 94.9 Å².